The van der Waals surface area contributed by atoms with E-state index in [0.29, 0.717) is 18.2 Å². The van der Waals surface area contributed by atoms with E-state index in [1.165, 1.54) is 0 Å². The van der Waals surface area contributed by atoms with Crippen molar-refractivity contribution in [2.45, 2.75) is 44.0 Å². The highest BCUT2D eigenvalue weighted by molar-refractivity contribution is 8.00. The Bertz CT molecular complexity index is 375. The van der Waals surface area contributed by atoms with Gasteiger partial charge in [0.1, 0.15) is 6.04 Å². The van der Waals surface area contributed by atoms with Gasteiger partial charge < -0.3 is 10.4 Å². The molecule has 2 aliphatic rings. The van der Waals surface area contributed by atoms with Crippen molar-refractivity contribution in [3.05, 3.63) is 0 Å². The van der Waals surface area contributed by atoms with E-state index < -0.39 is 12.0 Å². The maximum atomic E-state index is 12.4. The number of hydrogen-bond acceptors (Lipinski definition) is 4. The summed E-state index contributed by atoms with van der Waals surface area (Å²) in [5.41, 5.74) is 0. The molecular formula is C14H24N2O3S2. The van der Waals surface area contributed by atoms with E-state index in [4.69, 9.17) is 0 Å². The van der Waals surface area contributed by atoms with Crippen LogP contribution in [0.4, 0.5) is 4.79 Å². The Morgan fingerprint density at radius 3 is 2.67 bits per heavy atom. The highest BCUT2D eigenvalue weighted by Crippen LogP contribution is 2.32. The predicted octanol–water partition coefficient (Wildman–Crippen LogP) is 2.47. The molecule has 21 heavy (non-hydrogen) atoms. The summed E-state index contributed by atoms with van der Waals surface area (Å²) < 4.78 is 0. The van der Waals surface area contributed by atoms with Crippen molar-refractivity contribution in [2.24, 2.45) is 5.92 Å². The first-order valence-corrected chi connectivity index (χ1v) is 9.82. The van der Waals surface area contributed by atoms with E-state index in [1.807, 2.05) is 11.8 Å². The molecule has 2 unspecified atom stereocenters. The quantitative estimate of drug-likeness (QED) is 0.809. The van der Waals surface area contributed by atoms with Gasteiger partial charge >= 0.3 is 12.0 Å². The van der Waals surface area contributed by atoms with Gasteiger partial charge in [-0.25, -0.2) is 9.59 Å². The minimum Gasteiger partial charge on any atom is -0.480 e. The van der Waals surface area contributed by atoms with E-state index in [2.05, 4.69) is 12.2 Å². The van der Waals surface area contributed by atoms with Crippen molar-refractivity contribution in [3.63, 3.8) is 0 Å². The van der Waals surface area contributed by atoms with Gasteiger partial charge in [0, 0.05) is 12.3 Å². The van der Waals surface area contributed by atoms with Crippen molar-refractivity contribution in [1.82, 2.24) is 10.2 Å². The van der Waals surface area contributed by atoms with Gasteiger partial charge in [0.15, 0.2) is 0 Å². The zero-order valence-corrected chi connectivity index (χ0v) is 14.0. The van der Waals surface area contributed by atoms with Crippen LogP contribution in [0.5, 0.6) is 0 Å². The van der Waals surface area contributed by atoms with Gasteiger partial charge in [0.05, 0.1) is 5.37 Å². The molecule has 120 valence electrons. The summed E-state index contributed by atoms with van der Waals surface area (Å²) in [6.45, 7) is 2.73. The highest BCUT2D eigenvalue weighted by Gasteiger charge is 2.41. The molecular weight excluding hydrogens is 308 g/mol. The van der Waals surface area contributed by atoms with Crippen LogP contribution in [0.3, 0.4) is 0 Å². The lowest BCUT2D eigenvalue weighted by molar-refractivity contribution is -0.141. The molecule has 0 radical (unpaired) electrons. The number of carboxylic acid groups (broad SMARTS) is 1. The van der Waals surface area contributed by atoms with Crippen LogP contribution in [0.15, 0.2) is 0 Å². The van der Waals surface area contributed by atoms with Crippen LogP contribution in [0.2, 0.25) is 0 Å². The Morgan fingerprint density at radius 1 is 1.33 bits per heavy atom. The Labute approximate surface area is 134 Å². The second kappa shape index (κ2) is 8.17. The number of carbonyl (C=O) groups is 2. The fourth-order valence-corrected chi connectivity index (χ4v) is 5.49. The lowest BCUT2D eigenvalue weighted by Gasteiger charge is -2.29. The Morgan fingerprint density at radius 2 is 2.05 bits per heavy atom. The normalized spacial score (nSPS) is 26.8. The minimum absolute atomic E-state index is 0.00184. The zero-order valence-electron chi connectivity index (χ0n) is 12.4. The number of hydrogen-bond donors (Lipinski definition) is 2. The predicted molar refractivity (Wildman–Crippen MR) is 87.9 cm³/mol. The van der Waals surface area contributed by atoms with E-state index >= 15 is 0 Å². The van der Waals surface area contributed by atoms with Crippen LogP contribution in [-0.2, 0) is 4.79 Å². The topological polar surface area (TPSA) is 69.6 Å². The van der Waals surface area contributed by atoms with Gasteiger partial charge in [-0.3, -0.25) is 4.90 Å². The van der Waals surface area contributed by atoms with Crippen LogP contribution in [0, 0.1) is 5.92 Å². The molecule has 2 rings (SSSR count). The zero-order chi connectivity index (χ0) is 15.2. The van der Waals surface area contributed by atoms with Crippen LogP contribution in [0.25, 0.3) is 0 Å². The van der Waals surface area contributed by atoms with E-state index in [0.717, 1.165) is 37.2 Å². The number of amides is 2. The summed E-state index contributed by atoms with van der Waals surface area (Å²) >= 11 is 3.55. The maximum absolute atomic E-state index is 12.4. The summed E-state index contributed by atoms with van der Waals surface area (Å²) in [4.78, 5) is 25.3. The van der Waals surface area contributed by atoms with Gasteiger partial charge in [0.25, 0.3) is 0 Å². The lowest BCUT2D eigenvalue weighted by atomic mass is 10.0. The first-order chi connectivity index (χ1) is 10.1. The monoisotopic (exact) mass is 332 g/mol. The smallest absolute Gasteiger partial charge is 0.327 e. The van der Waals surface area contributed by atoms with Crippen molar-refractivity contribution in [3.8, 4) is 0 Å². The third-order valence-corrected chi connectivity index (χ3v) is 6.44. The molecule has 2 fully saturated rings. The van der Waals surface area contributed by atoms with Crippen molar-refractivity contribution in [1.29, 1.82) is 0 Å². The summed E-state index contributed by atoms with van der Waals surface area (Å²) in [7, 11) is 0. The standard InChI is InChI=1S/C14H24N2O3S2/c1-2-3-12-16(11(9-21-12)13(17)18)14(19)15-8-10-4-6-20-7-5-10/h10-12H,2-9H2,1H3,(H,15,19)(H,17,18). The van der Waals surface area contributed by atoms with Crippen molar-refractivity contribution in [2.75, 3.05) is 23.8 Å². The molecule has 2 saturated heterocycles. The Balaban J connectivity index is 1.91. The molecule has 0 aromatic heterocycles. The van der Waals surface area contributed by atoms with E-state index in [-0.39, 0.29) is 11.4 Å². The highest BCUT2D eigenvalue weighted by atomic mass is 32.2. The van der Waals surface area contributed by atoms with E-state index in [9.17, 15) is 14.7 Å². The van der Waals surface area contributed by atoms with Crippen molar-refractivity contribution < 1.29 is 14.7 Å². The number of carbonyl (C=O) groups excluding carboxylic acids is 1. The molecule has 5 nitrogen and oxygen atoms in total. The van der Waals surface area contributed by atoms with Gasteiger partial charge in [0.2, 0.25) is 0 Å². The fraction of sp³-hybridized carbons (Fsp3) is 0.857. The Kier molecular flexibility index (Phi) is 6.54. The number of aliphatic carboxylic acids is 1. The SMILES string of the molecule is CCCC1SCC(C(=O)O)N1C(=O)NCC1CCSCC1. The van der Waals surface area contributed by atoms with Crippen molar-refractivity contribution >= 4 is 35.5 Å². The summed E-state index contributed by atoms with van der Waals surface area (Å²) in [6.07, 6.45) is 4.08. The molecule has 2 atom stereocenters. The van der Waals surface area contributed by atoms with Gasteiger partial charge in [-0.15, -0.1) is 11.8 Å². The summed E-state index contributed by atoms with van der Waals surface area (Å²) in [5.74, 6) is 2.46. The molecule has 0 bridgehead atoms. The first-order valence-electron chi connectivity index (χ1n) is 7.61. The molecule has 0 aliphatic carbocycles. The average molecular weight is 332 g/mol. The minimum atomic E-state index is -0.898. The molecule has 7 heteroatoms. The largest absolute Gasteiger partial charge is 0.480 e. The third-order valence-electron chi connectivity index (χ3n) is 4.03. The van der Waals surface area contributed by atoms with E-state index in [1.54, 1.807) is 16.7 Å². The number of rotatable bonds is 5. The number of thioether (sulfide) groups is 2. The second-order valence-electron chi connectivity index (χ2n) is 5.58. The molecule has 2 aliphatic heterocycles. The molecule has 0 saturated carbocycles. The van der Waals surface area contributed by atoms with Crippen LogP contribution in [-0.4, -0.2) is 57.2 Å². The van der Waals surface area contributed by atoms with Crippen LogP contribution < -0.4 is 5.32 Å². The maximum Gasteiger partial charge on any atom is 0.327 e. The molecule has 2 amide bonds. The first kappa shape index (κ1) is 16.8. The fourth-order valence-electron chi connectivity index (χ4n) is 2.77. The molecule has 0 aromatic rings. The van der Waals surface area contributed by atoms with Crippen LogP contribution >= 0.6 is 23.5 Å². The lowest BCUT2D eigenvalue weighted by Crippen LogP contribution is -2.51. The molecule has 0 spiro atoms. The Hall–Kier alpha value is -0.560. The van der Waals surface area contributed by atoms with Gasteiger partial charge in [-0.2, -0.15) is 11.8 Å². The van der Waals surface area contributed by atoms with Crippen LogP contribution in [0.1, 0.15) is 32.6 Å². The average Bonchev–Trinajstić information content (AvgIpc) is 2.90. The number of nitrogens with one attached hydrogen (secondary N) is 1. The molecule has 2 N–H and O–H groups in total. The molecule has 2 heterocycles. The van der Waals surface area contributed by atoms with Gasteiger partial charge in [-0.1, -0.05) is 13.3 Å². The second-order valence-corrected chi connectivity index (χ2v) is 8.02. The molecule has 0 aromatic carbocycles. The number of urea groups is 1. The summed E-state index contributed by atoms with van der Waals surface area (Å²) in [5, 5.41) is 12.3. The summed E-state index contributed by atoms with van der Waals surface area (Å²) in [6, 6.07) is -0.891. The number of nitrogens with zero attached hydrogens (tertiary/aromatic N) is 1. The third kappa shape index (κ3) is 4.45. The number of carboxylic acids is 1. The van der Waals surface area contributed by atoms with Gasteiger partial charge in [-0.05, 0) is 36.7 Å².